The lowest BCUT2D eigenvalue weighted by molar-refractivity contribution is -0.143. The molecule has 100 valence electrons. The number of allylic oxidation sites excluding steroid dienone is 4. The predicted octanol–water partition coefficient (Wildman–Crippen LogP) is 2.13. The number of alkyl halides is 1. The summed E-state index contributed by atoms with van der Waals surface area (Å²) < 4.78 is 5.05. The second-order valence-electron chi connectivity index (χ2n) is 3.90. The van der Waals surface area contributed by atoms with Crippen LogP contribution in [-0.4, -0.2) is 29.9 Å². The Morgan fingerprint density at radius 2 is 2.39 bits per heavy atom. The van der Waals surface area contributed by atoms with Crippen molar-refractivity contribution < 1.29 is 14.3 Å². The zero-order valence-corrected chi connectivity index (χ0v) is 12.3. The van der Waals surface area contributed by atoms with Crippen molar-refractivity contribution in [3.8, 4) is 0 Å². The van der Waals surface area contributed by atoms with Gasteiger partial charge in [-0.3, -0.25) is 9.59 Å². The highest BCUT2D eigenvalue weighted by molar-refractivity contribution is 9.10. The topological polar surface area (TPSA) is 55.4 Å². The summed E-state index contributed by atoms with van der Waals surface area (Å²) in [5.74, 6) is -0.432. The van der Waals surface area contributed by atoms with Crippen molar-refractivity contribution in [1.29, 1.82) is 0 Å². The van der Waals surface area contributed by atoms with Gasteiger partial charge in [0.1, 0.15) is 11.4 Å². The monoisotopic (exact) mass is 335 g/mol. The molecule has 0 aromatic heterocycles. The minimum atomic E-state index is -0.396. The van der Waals surface area contributed by atoms with E-state index in [1.807, 2.05) is 12.2 Å². The molecular formula is C12H15BrClNO3. The molecule has 0 heterocycles. The summed E-state index contributed by atoms with van der Waals surface area (Å²) >= 11 is 9.12. The molecule has 18 heavy (non-hydrogen) atoms. The summed E-state index contributed by atoms with van der Waals surface area (Å²) in [4.78, 5) is 21.9. The Hall–Kier alpha value is -0.810. The van der Waals surface area contributed by atoms with Crippen LogP contribution in [0.25, 0.3) is 0 Å². The van der Waals surface area contributed by atoms with E-state index in [0.29, 0.717) is 18.0 Å². The van der Waals surface area contributed by atoms with E-state index in [9.17, 15) is 9.59 Å². The molecule has 0 radical (unpaired) electrons. The molecule has 0 spiro atoms. The number of halogens is 2. The average Bonchev–Trinajstić information content (AvgIpc) is 2.34. The Kier molecular flexibility index (Phi) is 6.43. The van der Waals surface area contributed by atoms with E-state index in [1.54, 1.807) is 6.08 Å². The second-order valence-corrected chi connectivity index (χ2v) is 5.32. The van der Waals surface area contributed by atoms with Crippen LogP contribution in [0.5, 0.6) is 0 Å². The molecule has 0 bridgehead atoms. The minimum Gasteiger partial charge on any atom is -0.463 e. The van der Waals surface area contributed by atoms with Crippen molar-refractivity contribution in [2.75, 3.05) is 13.2 Å². The molecular weight excluding hydrogens is 321 g/mol. The maximum Gasteiger partial charge on any atom is 0.320 e. The Morgan fingerprint density at radius 1 is 1.67 bits per heavy atom. The molecule has 4 nitrogen and oxygen atoms in total. The normalized spacial score (nSPS) is 19.9. The van der Waals surface area contributed by atoms with Crippen molar-refractivity contribution in [1.82, 2.24) is 5.32 Å². The molecule has 0 fully saturated rings. The second kappa shape index (κ2) is 7.59. The molecule has 2 unspecified atom stereocenters. The van der Waals surface area contributed by atoms with Crippen molar-refractivity contribution in [3.63, 3.8) is 0 Å². The van der Waals surface area contributed by atoms with Crippen LogP contribution in [0.15, 0.2) is 23.3 Å². The van der Waals surface area contributed by atoms with Gasteiger partial charge in [-0.1, -0.05) is 39.7 Å². The molecule has 6 heteroatoms. The number of esters is 1. The van der Waals surface area contributed by atoms with E-state index in [4.69, 9.17) is 16.3 Å². The van der Waals surface area contributed by atoms with Gasteiger partial charge >= 0.3 is 5.97 Å². The van der Waals surface area contributed by atoms with Gasteiger partial charge in [0.25, 0.3) is 0 Å². The third-order valence-electron chi connectivity index (χ3n) is 2.41. The highest BCUT2D eigenvalue weighted by Crippen LogP contribution is 2.26. The minimum absolute atomic E-state index is 0.0424. The predicted molar refractivity (Wildman–Crippen MR) is 73.5 cm³/mol. The van der Waals surface area contributed by atoms with Crippen LogP contribution in [0.1, 0.15) is 13.3 Å². The molecule has 0 aliphatic heterocycles. The van der Waals surface area contributed by atoms with E-state index in [2.05, 4.69) is 21.2 Å². The fraction of sp³-hybridized carbons (Fsp3) is 0.500. The number of rotatable bonds is 5. The first-order chi connectivity index (χ1) is 8.50. The van der Waals surface area contributed by atoms with Crippen LogP contribution in [0.3, 0.4) is 0 Å². The average molecular weight is 337 g/mol. The summed E-state index contributed by atoms with van der Waals surface area (Å²) in [5, 5.41) is 3.24. The van der Waals surface area contributed by atoms with Gasteiger partial charge in [0.05, 0.1) is 6.54 Å². The number of ether oxygens (including phenoxy) is 1. The van der Waals surface area contributed by atoms with Crippen LogP contribution < -0.4 is 5.32 Å². The fourth-order valence-corrected chi connectivity index (χ4v) is 2.15. The molecule has 1 aliphatic rings. The Labute approximate surface area is 120 Å². The highest BCUT2D eigenvalue weighted by Gasteiger charge is 2.25. The van der Waals surface area contributed by atoms with E-state index in [1.165, 1.54) is 6.92 Å². The Morgan fingerprint density at radius 3 is 2.94 bits per heavy atom. The molecule has 2 atom stereocenters. The highest BCUT2D eigenvalue weighted by atomic mass is 79.9. The standard InChI is InChI=1S/C12H15BrClNO3/c1-8(16)15-6-7-18-12(17)11(13)9-2-4-10(14)5-3-9/h2,4-5,9,11H,3,6-7H2,1H3,(H,15,16). The molecule has 1 aliphatic carbocycles. The first kappa shape index (κ1) is 15.2. The molecule has 1 amide bonds. The van der Waals surface area contributed by atoms with Crippen molar-refractivity contribution in [2.24, 2.45) is 5.92 Å². The molecule has 0 aromatic rings. The number of nitrogens with one attached hydrogen (secondary N) is 1. The molecule has 1 N–H and O–H groups in total. The Balaban J connectivity index is 2.29. The summed E-state index contributed by atoms with van der Waals surface area (Å²) in [5.41, 5.74) is 0. The van der Waals surface area contributed by atoms with Crippen molar-refractivity contribution in [2.45, 2.75) is 18.2 Å². The van der Waals surface area contributed by atoms with Crippen LogP contribution >= 0.6 is 27.5 Å². The van der Waals surface area contributed by atoms with Gasteiger partial charge < -0.3 is 10.1 Å². The molecule has 0 saturated carbocycles. The fourth-order valence-electron chi connectivity index (χ4n) is 1.46. The third-order valence-corrected chi connectivity index (χ3v) is 3.74. The summed E-state index contributed by atoms with van der Waals surface area (Å²) in [6.07, 6.45) is 6.22. The Bertz CT molecular complexity index is 382. The molecule has 0 saturated heterocycles. The van der Waals surface area contributed by atoms with Gasteiger partial charge in [0.15, 0.2) is 0 Å². The lowest BCUT2D eigenvalue weighted by atomic mass is 9.97. The van der Waals surface area contributed by atoms with Crippen LogP contribution in [0.4, 0.5) is 0 Å². The third kappa shape index (κ3) is 5.23. The van der Waals surface area contributed by atoms with E-state index in [0.717, 1.165) is 0 Å². The number of carbonyl (C=O) groups excluding carboxylic acids is 2. The lowest BCUT2D eigenvalue weighted by Crippen LogP contribution is -2.30. The van der Waals surface area contributed by atoms with E-state index < -0.39 is 4.83 Å². The summed E-state index contributed by atoms with van der Waals surface area (Å²) in [6.45, 7) is 1.92. The largest absolute Gasteiger partial charge is 0.463 e. The van der Waals surface area contributed by atoms with Crippen LogP contribution in [0, 0.1) is 5.92 Å². The quantitative estimate of drug-likeness (QED) is 0.475. The summed E-state index contributed by atoms with van der Waals surface area (Å²) in [7, 11) is 0. The van der Waals surface area contributed by atoms with Gasteiger partial charge in [-0.2, -0.15) is 0 Å². The van der Waals surface area contributed by atoms with Gasteiger partial charge in [0.2, 0.25) is 5.91 Å². The number of amides is 1. The van der Waals surface area contributed by atoms with Crippen molar-refractivity contribution in [3.05, 3.63) is 23.3 Å². The number of carbonyl (C=O) groups is 2. The van der Waals surface area contributed by atoms with Crippen LogP contribution in [0.2, 0.25) is 0 Å². The van der Waals surface area contributed by atoms with Gasteiger partial charge in [-0.15, -0.1) is 0 Å². The lowest BCUT2D eigenvalue weighted by Gasteiger charge is -2.19. The van der Waals surface area contributed by atoms with Gasteiger partial charge in [-0.05, 0) is 12.5 Å². The SMILES string of the molecule is CC(=O)NCCOC(=O)C(Br)C1C=CC(Cl)=CC1. The van der Waals surface area contributed by atoms with Gasteiger partial charge in [-0.25, -0.2) is 0 Å². The zero-order chi connectivity index (χ0) is 13.5. The maximum atomic E-state index is 11.7. The maximum absolute atomic E-state index is 11.7. The first-order valence-electron chi connectivity index (χ1n) is 5.59. The van der Waals surface area contributed by atoms with Gasteiger partial charge in [0, 0.05) is 17.9 Å². The molecule has 1 rings (SSSR count). The number of hydrogen-bond acceptors (Lipinski definition) is 3. The first-order valence-corrected chi connectivity index (χ1v) is 6.89. The summed E-state index contributed by atoms with van der Waals surface area (Å²) in [6, 6.07) is 0. The zero-order valence-electron chi connectivity index (χ0n) is 9.99. The van der Waals surface area contributed by atoms with E-state index >= 15 is 0 Å². The van der Waals surface area contributed by atoms with Crippen molar-refractivity contribution >= 4 is 39.4 Å². The molecule has 0 aromatic carbocycles. The smallest absolute Gasteiger partial charge is 0.320 e. The van der Waals surface area contributed by atoms with E-state index in [-0.39, 0.29) is 24.4 Å². The van der Waals surface area contributed by atoms with Crippen LogP contribution in [-0.2, 0) is 14.3 Å². The number of hydrogen-bond donors (Lipinski definition) is 1.